The van der Waals surface area contributed by atoms with Gasteiger partial charge in [-0.1, -0.05) is 27.7 Å². The molecule has 0 amide bonds. The standard InChI is InChI=1S/C6H14.2H3N/c1-5(2)6(3)4;;/h5-6H,1-4H3;2*1H3. The molecule has 0 bridgehead atoms. The highest BCUT2D eigenvalue weighted by Gasteiger charge is 1.95. The Morgan fingerprint density at radius 2 is 0.750 bits per heavy atom. The first kappa shape index (κ1) is 15.7. The molecule has 0 radical (unpaired) electrons. The molecule has 0 aromatic heterocycles. The lowest BCUT2D eigenvalue weighted by Crippen LogP contribution is -1.95. The molecule has 2 nitrogen and oxygen atoms in total. The summed E-state index contributed by atoms with van der Waals surface area (Å²) >= 11 is 0. The third-order valence-electron chi connectivity index (χ3n) is 1.33. The first-order valence-corrected chi connectivity index (χ1v) is 2.64. The molecule has 0 heterocycles. The summed E-state index contributed by atoms with van der Waals surface area (Å²) in [5.74, 6) is 1.70. The lowest BCUT2D eigenvalue weighted by atomic mass is 10.0. The van der Waals surface area contributed by atoms with Gasteiger partial charge < -0.3 is 12.3 Å². The third kappa shape index (κ3) is 9.33. The second kappa shape index (κ2) is 6.92. The van der Waals surface area contributed by atoms with Crippen LogP contribution < -0.4 is 12.3 Å². The molecule has 54 valence electrons. The van der Waals surface area contributed by atoms with Crippen LogP contribution in [-0.4, -0.2) is 0 Å². The maximum atomic E-state index is 2.24. The van der Waals surface area contributed by atoms with E-state index < -0.39 is 0 Å². The summed E-state index contributed by atoms with van der Waals surface area (Å²) in [5.41, 5.74) is 0. The minimum Gasteiger partial charge on any atom is -0.344 e. The van der Waals surface area contributed by atoms with Crippen LogP contribution >= 0.6 is 0 Å². The van der Waals surface area contributed by atoms with Crippen LogP contribution in [0.25, 0.3) is 0 Å². The topological polar surface area (TPSA) is 70.0 Å². The average Bonchev–Trinajstić information content (AvgIpc) is 1.36. The SMILES string of the molecule is CC(C)C(C)C.N.N. The van der Waals surface area contributed by atoms with E-state index in [0.29, 0.717) is 0 Å². The van der Waals surface area contributed by atoms with Crippen molar-refractivity contribution in [1.82, 2.24) is 12.3 Å². The first-order chi connectivity index (χ1) is 2.64. The highest BCUT2D eigenvalue weighted by atomic mass is 14.0. The molecular formula is C6H20N2. The number of rotatable bonds is 1. The molecule has 0 saturated heterocycles. The van der Waals surface area contributed by atoms with Crippen molar-refractivity contribution in [1.29, 1.82) is 0 Å². The van der Waals surface area contributed by atoms with Crippen molar-refractivity contribution in [3.63, 3.8) is 0 Å². The lowest BCUT2D eigenvalue weighted by molar-refractivity contribution is 0.457. The van der Waals surface area contributed by atoms with Crippen LogP contribution in [0.4, 0.5) is 0 Å². The largest absolute Gasteiger partial charge is 0.344 e. The van der Waals surface area contributed by atoms with E-state index in [4.69, 9.17) is 0 Å². The van der Waals surface area contributed by atoms with E-state index in [0.717, 1.165) is 11.8 Å². The van der Waals surface area contributed by atoms with E-state index in [-0.39, 0.29) is 12.3 Å². The maximum Gasteiger partial charge on any atom is -0.0448 e. The molecule has 0 fully saturated rings. The second-order valence-corrected chi connectivity index (χ2v) is 2.49. The molecule has 2 heteroatoms. The Kier molecular flexibility index (Phi) is 13.6. The van der Waals surface area contributed by atoms with Crippen LogP contribution in [0, 0.1) is 11.8 Å². The predicted molar refractivity (Wildman–Crippen MR) is 39.7 cm³/mol. The second-order valence-electron chi connectivity index (χ2n) is 2.49. The van der Waals surface area contributed by atoms with Crippen LogP contribution in [0.1, 0.15) is 27.7 Å². The Balaban J connectivity index is -0.000000125. The van der Waals surface area contributed by atoms with Gasteiger partial charge in [-0.05, 0) is 11.8 Å². The number of hydrogen-bond donors (Lipinski definition) is 2. The van der Waals surface area contributed by atoms with Crippen LogP contribution in [-0.2, 0) is 0 Å². The molecule has 8 heavy (non-hydrogen) atoms. The summed E-state index contributed by atoms with van der Waals surface area (Å²) in [6.07, 6.45) is 0. The van der Waals surface area contributed by atoms with Crippen molar-refractivity contribution in [3.8, 4) is 0 Å². The average molecular weight is 120 g/mol. The molecule has 0 aromatic rings. The minimum absolute atomic E-state index is 0. The fourth-order valence-electron chi connectivity index (χ4n) is 0. The van der Waals surface area contributed by atoms with Crippen LogP contribution in [0.3, 0.4) is 0 Å². The molecule has 0 atom stereocenters. The van der Waals surface area contributed by atoms with Gasteiger partial charge in [0, 0.05) is 0 Å². The van der Waals surface area contributed by atoms with Crippen LogP contribution in [0.2, 0.25) is 0 Å². The van der Waals surface area contributed by atoms with Gasteiger partial charge in [-0.2, -0.15) is 0 Å². The summed E-state index contributed by atoms with van der Waals surface area (Å²) in [4.78, 5) is 0. The van der Waals surface area contributed by atoms with Gasteiger partial charge in [-0.3, -0.25) is 0 Å². The number of hydrogen-bond acceptors (Lipinski definition) is 2. The molecule has 0 aromatic carbocycles. The molecule has 0 aliphatic heterocycles. The maximum absolute atomic E-state index is 2.24. The molecule has 0 spiro atoms. The van der Waals surface area contributed by atoms with Crippen molar-refractivity contribution in [2.24, 2.45) is 11.8 Å². The van der Waals surface area contributed by atoms with Gasteiger partial charge in [0.15, 0.2) is 0 Å². The summed E-state index contributed by atoms with van der Waals surface area (Å²) < 4.78 is 0. The van der Waals surface area contributed by atoms with E-state index in [2.05, 4.69) is 27.7 Å². The Hall–Kier alpha value is -0.0800. The molecular weight excluding hydrogens is 100 g/mol. The molecule has 0 unspecified atom stereocenters. The smallest absolute Gasteiger partial charge is 0.0448 e. The molecule has 0 rings (SSSR count). The van der Waals surface area contributed by atoms with Gasteiger partial charge in [0.2, 0.25) is 0 Å². The van der Waals surface area contributed by atoms with Gasteiger partial charge in [0.1, 0.15) is 0 Å². The van der Waals surface area contributed by atoms with E-state index in [1.165, 1.54) is 0 Å². The zero-order valence-electron chi connectivity index (χ0n) is 6.57. The fraction of sp³-hybridized carbons (Fsp3) is 1.00. The van der Waals surface area contributed by atoms with E-state index in [9.17, 15) is 0 Å². The predicted octanol–water partition coefficient (Wildman–Crippen LogP) is 2.62. The normalized spacial score (nSPS) is 8.25. The zero-order chi connectivity index (χ0) is 5.15. The summed E-state index contributed by atoms with van der Waals surface area (Å²) in [5, 5.41) is 0. The summed E-state index contributed by atoms with van der Waals surface area (Å²) in [7, 11) is 0. The Bertz CT molecular complexity index is 27.5. The Morgan fingerprint density at radius 3 is 0.750 bits per heavy atom. The van der Waals surface area contributed by atoms with Crippen molar-refractivity contribution >= 4 is 0 Å². The summed E-state index contributed by atoms with van der Waals surface area (Å²) in [6.45, 7) is 8.96. The summed E-state index contributed by atoms with van der Waals surface area (Å²) in [6, 6.07) is 0. The molecule has 0 aliphatic rings. The van der Waals surface area contributed by atoms with E-state index in [1.54, 1.807) is 0 Å². The first-order valence-electron chi connectivity index (χ1n) is 2.64. The fourth-order valence-corrected chi connectivity index (χ4v) is 0. The van der Waals surface area contributed by atoms with Gasteiger partial charge in [-0.25, -0.2) is 0 Å². The third-order valence-corrected chi connectivity index (χ3v) is 1.33. The zero-order valence-corrected chi connectivity index (χ0v) is 6.57. The molecule has 0 aliphatic carbocycles. The van der Waals surface area contributed by atoms with Crippen LogP contribution in [0.15, 0.2) is 0 Å². The van der Waals surface area contributed by atoms with Gasteiger partial charge in [0.05, 0.1) is 0 Å². The van der Waals surface area contributed by atoms with Crippen molar-refractivity contribution in [2.45, 2.75) is 27.7 Å². The van der Waals surface area contributed by atoms with Gasteiger partial charge in [-0.15, -0.1) is 0 Å². The van der Waals surface area contributed by atoms with Gasteiger partial charge >= 0.3 is 0 Å². The Labute approximate surface area is 52.8 Å². The van der Waals surface area contributed by atoms with Crippen LogP contribution in [0.5, 0.6) is 0 Å². The van der Waals surface area contributed by atoms with E-state index in [1.807, 2.05) is 0 Å². The van der Waals surface area contributed by atoms with Crippen molar-refractivity contribution in [3.05, 3.63) is 0 Å². The molecule has 6 N–H and O–H groups in total. The quantitative estimate of drug-likeness (QED) is 0.558. The molecule has 0 saturated carbocycles. The Morgan fingerprint density at radius 1 is 0.625 bits per heavy atom. The van der Waals surface area contributed by atoms with Gasteiger partial charge in [0.25, 0.3) is 0 Å². The van der Waals surface area contributed by atoms with E-state index >= 15 is 0 Å². The monoisotopic (exact) mass is 120 g/mol. The van der Waals surface area contributed by atoms with Crippen molar-refractivity contribution < 1.29 is 0 Å². The minimum atomic E-state index is 0. The highest BCUT2D eigenvalue weighted by molar-refractivity contribution is 4.46. The van der Waals surface area contributed by atoms with Crippen molar-refractivity contribution in [2.75, 3.05) is 0 Å². The lowest BCUT2D eigenvalue weighted by Gasteiger charge is -2.05. The highest BCUT2D eigenvalue weighted by Crippen LogP contribution is 2.05.